The van der Waals surface area contributed by atoms with E-state index in [1.165, 1.54) is 0 Å². The van der Waals surface area contributed by atoms with Crippen molar-refractivity contribution in [3.63, 3.8) is 0 Å². The Morgan fingerprint density at radius 1 is 1.23 bits per heavy atom. The summed E-state index contributed by atoms with van der Waals surface area (Å²) in [5, 5.41) is 1.01. The summed E-state index contributed by atoms with van der Waals surface area (Å²) in [4.78, 5) is 32.6. The summed E-state index contributed by atoms with van der Waals surface area (Å²) in [5.74, 6) is -0.222. The number of rotatable bonds is 4. The lowest BCUT2D eigenvalue weighted by atomic mass is 9.72. The fraction of sp³-hybridized carbons (Fsp3) is 0.222. The van der Waals surface area contributed by atoms with E-state index < -0.39 is 12.1 Å². The maximum absolute atomic E-state index is 12.4. The second-order valence-corrected chi connectivity index (χ2v) is 5.98. The molecule has 0 bridgehead atoms. The van der Waals surface area contributed by atoms with Gasteiger partial charge in [-0.2, -0.15) is 0 Å². The summed E-state index contributed by atoms with van der Waals surface area (Å²) in [6.45, 7) is 5.26. The molecule has 132 valence electrons. The van der Waals surface area contributed by atoms with Crippen molar-refractivity contribution in [1.82, 2.24) is 14.5 Å². The number of hydrogen-bond donors (Lipinski definition) is 0. The van der Waals surface area contributed by atoms with E-state index in [1.54, 1.807) is 38.5 Å². The predicted molar refractivity (Wildman–Crippen MR) is 98.5 cm³/mol. The van der Waals surface area contributed by atoms with Crippen LogP contribution in [0.15, 0.2) is 43.0 Å². The van der Waals surface area contributed by atoms with Crippen molar-refractivity contribution in [3.8, 4) is 5.82 Å². The van der Waals surface area contributed by atoms with Crippen molar-refractivity contribution >= 4 is 35.8 Å². The van der Waals surface area contributed by atoms with Crippen LogP contribution in [0.4, 0.5) is 4.79 Å². The maximum atomic E-state index is 12.4. The Labute approximate surface area is 151 Å². The molecule has 3 aromatic heterocycles. The lowest BCUT2D eigenvalue weighted by Crippen LogP contribution is -2.26. The second kappa shape index (κ2) is 7.39. The van der Waals surface area contributed by atoms with Crippen LogP contribution < -0.4 is 5.46 Å². The molecule has 0 spiro atoms. The molecule has 0 aliphatic carbocycles. The minimum Gasteiger partial charge on any atom is -0.431 e. The fourth-order valence-electron chi connectivity index (χ4n) is 2.60. The highest BCUT2D eigenvalue weighted by Crippen LogP contribution is 2.18. The van der Waals surface area contributed by atoms with E-state index in [2.05, 4.69) is 9.97 Å². The average Bonchev–Trinajstić information content (AvgIpc) is 3.04. The second-order valence-electron chi connectivity index (χ2n) is 5.98. The Morgan fingerprint density at radius 2 is 2.04 bits per heavy atom. The third-order valence-corrected chi connectivity index (χ3v) is 3.82. The van der Waals surface area contributed by atoms with Gasteiger partial charge in [-0.1, -0.05) is 12.3 Å². The van der Waals surface area contributed by atoms with Gasteiger partial charge in [0, 0.05) is 24.0 Å². The van der Waals surface area contributed by atoms with E-state index in [4.69, 9.17) is 9.47 Å². The van der Waals surface area contributed by atoms with Crippen molar-refractivity contribution in [2.24, 2.45) is 0 Å². The number of hydrogen-bond acceptors (Lipinski definition) is 6. The quantitative estimate of drug-likeness (QED) is 0.407. The van der Waals surface area contributed by atoms with Crippen LogP contribution in [0.25, 0.3) is 16.7 Å². The average molecular weight is 351 g/mol. The largest absolute Gasteiger partial charge is 0.516 e. The van der Waals surface area contributed by atoms with Crippen molar-refractivity contribution in [2.45, 2.75) is 26.8 Å². The third-order valence-electron chi connectivity index (χ3n) is 3.82. The molecular formula is C18H18BN3O4. The molecule has 3 heterocycles. The SMILES string of the molecule is CBc1cnc(-n2ccc3ccncc32)cc1C(=O)OC(=O)OC(C)C. The molecule has 26 heavy (non-hydrogen) atoms. The molecule has 0 fully saturated rings. The molecule has 3 rings (SSSR count). The smallest absolute Gasteiger partial charge is 0.431 e. The zero-order chi connectivity index (χ0) is 18.7. The Kier molecular flexibility index (Phi) is 5.02. The van der Waals surface area contributed by atoms with Crippen LogP contribution in [0.1, 0.15) is 24.2 Å². The summed E-state index contributed by atoms with van der Waals surface area (Å²) < 4.78 is 11.5. The summed E-state index contributed by atoms with van der Waals surface area (Å²) in [7, 11) is 0.574. The van der Waals surface area contributed by atoms with Crippen LogP contribution in [0, 0.1) is 0 Å². The number of pyridine rings is 2. The first-order chi connectivity index (χ1) is 12.5. The summed E-state index contributed by atoms with van der Waals surface area (Å²) in [5.41, 5.74) is 1.83. The van der Waals surface area contributed by atoms with Gasteiger partial charge in [0.15, 0.2) is 7.28 Å². The van der Waals surface area contributed by atoms with Gasteiger partial charge in [0.25, 0.3) is 0 Å². The number of ether oxygens (including phenoxy) is 2. The predicted octanol–water partition coefficient (Wildman–Crippen LogP) is 2.23. The van der Waals surface area contributed by atoms with E-state index in [0.29, 0.717) is 18.6 Å². The zero-order valence-corrected chi connectivity index (χ0v) is 14.8. The molecule has 0 saturated heterocycles. The standard InChI is InChI=1S/C18H18BN3O4/c1-11(2)25-18(24)26-17(23)13-8-16(21-9-14(13)19-3)22-7-5-12-4-6-20-10-15(12)22/h4-11,19H,1-3H3. The molecule has 7 nitrogen and oxygen atoms in total. The molecule has 0 unspecified atom stereocenters. The Hall–Kier alpha value is -3.16. The van der Waals surface area contributed by atoms with Crippen LogP contribution in [0.3, 0.4) is 0 Å². The van der Waals surface area contributed by atoms with Crippen molar-refractivity contribution in [2.75, 3.05) is 0 Å². The van der Waals surface area contributed by atoms with Crippen LogP contribution in [0.2, 0.25) is 6.82 Å². The molecule has 0 saturated carbocycles. The number of aromatic nitrogens is 3. The highest BCUT2D eigenvalue weighted by Gasteiger charge is 2.20. The third kappa shape index (κ3) is 3.59. The van der Waals surface area contributed by atoms with Crippen molar-refractivity contribution in [1.29, 1.82) is 0 Å². The van der Waals surface area contributed by atoms with Crippen molar-refractivity contribution < 1.29 is 19.1 Å². The Balaban J connectivity index is 1.96. The topological polar surface area (TPSA) is 83.3 Å². The molecule has 0 N–H and O–H groups in total. The Morgan fingerprint density at radius 3 is 2.77 bits per heavy atom. The van der Waals surface area contributed by atoms with Gasteiger partial charge in [-0.05, 0) is 32.0 Å². The van der Waals surface area contributed by atoms with E-state index in [-0.39, 0.29) is 11.7 Å². The number of carbonyl (C=O) groups excluding carboxylic acids is 2. The van der Waals surface area contributed by atoms with Gasteiger partial charge in [-0.3, -0.25) is 9.55 Å². The fourth-order valence-corrected chi connectivity index (χ4v) is 2.60. The van der Waals surface area contributed by atoms with Gasteiger partial charge in [0.05, 0.1) is 23.4 Å². The molecule has 0 aromatic carbocycles. The highest BCUT2D eigenvalue weighted by molar-refractivity contribution is 6.53. The van der Waals surface area contributed by atoms with E-state index >= 15 is 0 Å². The van der Waals surface area contributed by atoms with Crippen LogP contribution >= 0.6 is 0 Å². The van der Waals surface area contributed by atoms with E-state index in [1.807, 2.05) is 29.7 Å². The molecular weight excluding hydrogens is 333 g/mol. The first-order valence-electron chi connectivity index (χ1n) is 8.32. The number of fused-ring (bicyclic) bond motifs is 1. The van der Waals surface area contributed by atoms with Crippen LogP contribution in [-0.2, 0) is 9.47 Å². The molecule has 0 amide bonds. The number of esters is 1. The lowest BCUT2D eigenvalue weighted by Gasteiger charge is -2.11. The monoisotopic (exact) mass is 351 g/mol. The molecule has 3 aromatic rings. The van der Waals surface area contributed by atoms with E-state index in [9.17, 15) is 9.59 Å². The summed E-state index contributed by atoms with van der Waals surface area (Å²) >= 11 is 0. The molecule has 8 heteroatoms. The van der Waals surface area contributed by atoms with Gasteiger partial charge in [-0.25, -0.2) is 14.6 Å². The number of carbonyl (C=O) groups is 2. The number of nitrogens with zero attached hydrogens (tertiary/aromatic N) is 3. The van der Waals surface area contributed by atoms with Gasteiger partial charge in [0.1, 0.15) is 5.82 Å². The minimum atomic E-state index is -1.01. The molecule has 0 aliphatic rings. The molecule has 0 atom stereocenters. The molecule has 0 aliphatic heterocycles. The summed E-state index contributed by atoms with van der Waals surface area (Å²) in [6.07, 6.45) is 5.52. The molecule has 0 radical (unpaired) electrons. The first-order valence-corrected chi connectivity index (χ1v) is 8.32. The minimum absolute atomic E-state index is 0.281. The van der Waals surface area contributed by atoms with Gasteiger partial charge in [0.2, 0.25) is 0 Å². The zero-order valence-electron chi connectivity index (χ0n) is 14.8. The van der Waals surface area contributed by atoms with Gasteiger partial charge in [-0.15, -0.1) is 0 Å². The van der Waals surface area contributed by atoms with Crippen LogP contribution in [-0.4, -0.2) is 40.0 Å². The first kappa shape index (κ1) is 17.7. The van der Waals surface area contributed by atoms with E-state index in [0.717, 1.165) is 10.9 Å². The summed E-state index contributed by atoms with van der Waals surface area (Å²) in [6, 6.07) is 5.43. The normalized spacial score (nSPS) is 10.8. The van der Waals surface area contributed by atoms with Gasteiger partial charge < -0.3 is 9.47 Å². The van der Waals surface area contributed by atoms with Gasteiger partial charge >= 0.3 is 12.1 Å². The van der Waals surface area contributed by atoms with Crippen LogP contribution in [0.5, 0.6) is 0 Å². The highest BCUT2D eigenvalue weighted by atomic mass is 16.7. The maximum Gasteiger partial charge on any atom is 0.516 e. The van der Waals surface area contributed by atoms with Crippen molar-refractivity contribution in [3.05, 3.63) is 48.5 Å². The Bertz CT molecular complexity index is 968. The lowest BCUT2D eigenvalue weighted by molar-refractivity contribution is 0.0284.